The Labute approximate surface area is 297 Å². The standard InChI is InChI=1S/C34H29BrF3N3O5S3/c1-21-25-20-24(10-11-29(25)48-30(21)33(43)44)49(45,46)41(14-12-22-6-8-23(9-7-22)34(36,37)38)28-5-3-2-4-27(28)39-15-17-40(18-16-39)32(42)31-26(35)13-19-47-31/h2-11,13,19-20H,12,14-18H2,1H3,(H,43,44). The number of amides is 1. The number of carboxylic acids is 1. The molecule has 0 radical (unpaired) electrons. The smallest absolute Gasteiger partial charge is 0.416 e. The molecule has 1 fully saturated rings. The normalized spacial score (nSPS) is 14.0. The molecule has 0 atom stereocenters. The van der Waals surface area contributed by atoms with Crippen LogP contribution < -0.4 is 9.21 Å². The summed E-state index contributed by atoms with van der Waals surface area (Å²) in [5.74, 6) is -1.18. The molecule has 1 N–H and O–H groups in total. The lowest BCUT2D eigenvalue weighted by Gasteiger charge is -2.38. The Morgan fingerprint density at radius 2 is 1.65 bits per heavy atom. The second kappa shape index (κ2) is 13.8. The van der Waals surface area contributed by atoms with Gasteiger partial charge in [-0.3, -0.25) is 9.10 Å². The molecule has 0 saturated carbocycles. The summed E-state index contributed by atoms with van der Waals surface area (Å²) >= 11 is 5.85. The zero-order chi connectivity index (χ0) is 35.1. The van der Waals surface area contributed by atoms with Crippen LogP contribution in [0.25, 0.3) is 10.1 Å². The van der Waals surface area contributed by atoms with Gasteiger partial charge in [-0.1, -0.05) is 24.3 Å². The maximum Gasteiger partial charge on any atom is 0.416 e. The van der Waals surface area contributed by atoms with Gasteiger partial charge in [0, 0.05) is 41.9 Å². The Balaban J connectivity index is 1.35. The summed E-state index contributed by atoms with van der Waals surface area (Å²) in [6.45, 7) is 3.26. The summed E-state index contributed by atoms with van der Waals surface area (Å²) in [5, 5.41) is 12.0. The molecular weight excluding hydrogens is 763 g/mol. The average molecular weight is 793 g/mol. The first kappa shape index (κ1) is 34.9. The van der Waals surface area contributed by atoms with E-state index in [0.717, 1.165) is 27.9 Å². The van der Waals surface area contributed by atoms with Crippen LogP contribution >= 0.6 is 38.6 Å². The molecule has 1 saturated heterocycles. The van der Waals surface area contributed by atoms with Gasteiger partial charge in [0.1, 0.15) is 9.75 Å². The van der Waals surface area contributed by atoms with Gasteiger partial charge in [-0.05, 0) is 99.7 Å². The molecule has 3 aromatic carbocycles. The van der Waals surface area contributed by atoms with E-state index in [0.29, 0.717) is 63.6 Å². The van der Waals surface area contributed by atoms with Crippen LogP contribution in [-0.4, -0.2) is 63.0 Å². The largest absolute Gasteiger partial charge is 0.477 e. The molecule has 15 heteroatoms. The van der Waals surface area contributed by atoms with Crippen LogP contribution in [-0.2, 0) is 22.6 Å². The molecule has 256 valence electrons. The number of nitrogens with zero attached hydrogens (tertiary/aromatic N) is 3. The van der Waals surface area contributed by atoms with E-state index in [-0.39, 0.29) is 28.6 Å². The molecular formula is C34H29BrF3N3O5S3. The van der Waals surface area contributed by atoms with Crippen molar-refractivity contribution in [1.82, 2.24) is 4.90 Å². The molecule has 6 rings (SSSR count). The summed E-state index contributed by atoms with van der Waals surface area (Å²) < 4.78 is 71.4. The predicted molar refractivity (Wildman–Crippen MR) is 190 cm³/mol. The Morgan fingerprint density at radius 1 is 0.959 bits per heavy atom. The fraction of sp³-hybridized carbons (Fsp3) is 0.235. The van der Waals surface area contributed by atoms with E-state index < -0.39 is 27.7 Å². The van der Waals surface area contributed by atoms with Crippen molar-refractivity contribution in [2.24, 2.45) is 0 Å². The topological polar surface area (TPSA) is 98.2 Å². The highest BCUT2D eigenvalue weighted by atomic mass is 79.9. The fourth-order valence-electron chi connectivity index (χ4n) is 5.84. The number of thiophene rings is 2. The summed E-state index contributed by atoms with van der Waals surface area (Å²) in [6, 6.07) is 18.0. The number of aryl methyl sites for hydroxylation is 1. The summed E-state index contributed by atoms with van der Waals surface area (Å²) in [7, 11) is -4.28. The number of carbonyl (C=O) groups is 2. The van der Waals surface area contributed by atoms with Crippen molar-refractivity contribution in [2.45, 2.75) is 24.4 Å². The number of anilines is 2. The lowest BCUT2D eigenvalue weighted by atomic mass is 10.1. The Bertz CT molecular complexity index is 2140. The molecule has 1 aliphatic heterocycles. The molecule has 8 nitrogen and oxygen atoms in total. The van der Waals surface area contributed by atoms with Gasteiger partial charge in [-0.2, -0.15) is 13.2 Å². The number of benzene rings is 3. The number of sulfonamides is 1. The van der Waals surface area contributed by atoms with Crippen molar-refractivity contribution in [3.63, 3.8) is 0 Å². The van der Waals surface area contributed by atoms with Crippen molar-refractivity contribution in [2.75, 3.05) is 41.9 Å². The minimum atomic E-state index is -4.50. The van der Waals surface area contributed by atoms with E-state index >= 15 is 0 Å². The minimum absolute atomic E-state index is 0.0444. The van der Waals surface area contributed by atoms with Crippen LogP contribution in [0.5, 0.6) is 0 Å². The quantitative estimate of drug-likeness (QED) is 0.162. The number of halogens is 4. The van der Waals surface area contributed by atoms with Crippen molar-refractivity contribution in [3.8, 4) is 0 Å². The average Bonchev–Trinajstić information content (AvgIpc) is 3.66. The van der Waals surface area contributed by atoms with Gasteiger partial charge in [-0.25, -0.2) is 13.2 Å². The third-order valence-corrected chi connectivity index (χ3v) is 13.3. The minimum Gasteiger partial charge on any atom is -0.477 e. The van der Waals surface area contributed by atoms with Gasteiger partial charge in [0.25, 0.3) is 15.9 Å². The first-order chi connectivity index (χ1) is 23.3. The molecule has 0 aliphatic carbocycles. The van der Waals surface area contributed by atoms with E-state index in [1.165, 1.54) is 39.9 Å². The Morgan fingerprint density at radius 3 is 2.29 bits per heavy atom. The highest BCUT2D eigenvalue weighted by Gasteiger charge is 2.32. The van der Waals surface area contributed by atoms with Crippen molar-refractivity contribution >= 4 is 82.0 Å². The fourth-order valence-corrected chi connectivity index (χ4v) is 9.88. The molecule has 1 amide bonds. The highest BCUT2D eigenvalue weighted by molar-refractivity contribution is 9.10. The van der Waals surface area contributed by atoms with E-state index in [1.807, 2.05) is 22.4 Å². The number of hydrogen-bond acceptors (Lipinski definition) is 7. The summed E-state index contributed by atoms with van der Waals surface area (Å²) in [4.78, 5) is 29.4. The Kier molecular flexibility index (Phi) is 9.81. The van der Waals surface area contributed by atoms with Gasteiger partial charge in [-0.15, -0.1) is 22.7 Å². The van der Waals surface area contributed by atoms with Crippen LogP contribution in [0, 0.1) is 6.92 Å². The number of hydrogen-bond donors (Lipinski definition) is 1. The van der Waals surface area contributed by atoms with Crippen LogP contribution in [0.2, 0.25) is 0 Å². The molecule has 1 aliphatic rings. The van der Waals surface area contributed by atoms with Gasteiger partial charge in [0.15, 0.2) is 0 Å². The number of carbonyl (C=O) groups excluding carboxylic acids is 1. The van der Waals surface area contributed by atoms with Crippen LogP contribution in [0.1, 0.15) is 36.0 Å². The lowest BCUT2D eigenvalue weighted by Crippen LogP contribution is -2.49. The lowest BCUT2D eigenvalue weighted by molar-refractivity contribution is -0.137. The highest BCUT2D eigenvalue weighted by Crippen LogP contribution is 2.38. The molecule has 3 heterocycles. The molecule has 2 aromatic heterocycles. The van der Waals surface area contributed by atoms with E-state index in [1.54, 1.807) is 36.1 Å². The SMILES string of the molecule is Cc1c(C(=O)O)sc2ccc(S(=O)(=O)N(CCc3ccc(C(F)(F)F)cc3)c3ccccc3N3CCN(C(=O)c4sccc4Br)CC3)cc12. The third-order valence-electron chi connectivity index (χ3n) is 8.44. The molecule has 0 bridgehead atoms. The predicted octanol–water partition coefficient (Wildman–Crippen LogP) is 8.15. The summed E-state index contributed by atoms with van der Waals surface area (Å²) in [5.41, 5.74) is 1.19. The Hall–Kier alpha value is -3.92. The number of para-hydroxylation sites is 2. The number of piperazine rings is 1. The van der Waals surface area contributed by atoms with Crippen LogP contribution in [0.4, 0.5) is 24.5 Å². The van der Waals surface area contributed by atoms with Gasteiger partial charge < -0.3 is 14.9 Å². The maximum absolute atomic E-state index is 14.6. The van der Waals surface area contributed by atoms with Crippen LogP contribution in [0.15, 0.2) is 87.5 Å². The first-order valence-electron chi connectivity index (χ1n) is 15.1. The number of alkyl halides is 3. The van der Waals surface area contributed by atoms with Gasteiger partial charge >= 0.3 is 12.1 Å². The molecule has 49 heavy (non-hydrogen) atoms. The monoisotopic (exact) mass is 791 g/mol. The maximum atomic E-state index is 14.6. The third kappa shape index (κ3) is 7.07. The molecule has 0 unspecified atom stereocenters. The molecule has 5 aromatic rings. The molecule has 0 spiro atoms. The second-order valence-corrected chi connectivity index (χ2v) is 16.1. The van der Waals surface area contributed by atoms with E-state index in [4.69, 9.17) is 0 Å². The number of fused-ring (bicyclic) bond motifs is 1. The van der Waals surface area contributed by atoms with E-state index in [2.05, 4.69) is 15.9 Å². The first-order valence-corrected chi connectivity index (χ1v) is 19.0. The van der Waals surface area contributed by atoms with Crippen LogP contribution in [0.3, 0.4) is 0 Å². The number of carboxylic acid groups (broad SMARTS) is 1. The van der Waals surface area contributed by atoms with Crippen molar-refractivity contribution < 1.29 is 36.3 Å². The van der Waals surface area contributed by atoms with Gasteiger partial charge in [0.05, 0.1) is 21.8 Å². The number of rotatable bonds is 9. The second-order valence-electron chi connectivity index (χ2n) is 11.4. The van der Waals surface area contributed by atoms with E-state index in [9.17, 15) is 36.3 Å². The number of aromatic carboxylic acids is 1. The van der Waals surface area contributed by atoms with Gasteiger partial charge in [0.2, 0.25) is 0 Å². The summed E-state index contributed by atoms with van der Waals surface area (Å²) in [6.07, 6.45) is -4.38. The zero-order valence-corrected chi connectivity index (χ0v) is 29.9. The zero-order valence-electron chi connectivity index (χ0n) is 25.9. The van der Waals surface area contributed by atoms with Crippen molar-refractivity contribution in [3.05, 3.63) is 109 Å². The van der Waals surface area contributed by atoms with Crippen molar-refractivity contribution in [1.29, 1.82) is 0 Å².